The van der Waals surface area contributed by atoms with E-state index in [2.05, 4.69) is 20.9 Å². The van der Waals surface area contributed by atoms with E-state index in [9.17, 15) is 18.0 Å². The van der Waals surface area contributed by atoms with Gasteiger partial charge in [0.25, 0.3) is 5.91 Å². The molecule has 0 aliphatic heterocycles. The Hall–Kier alpha value is -3.07. The van der Waals surface area contributed by atoms with E-state index in [0.29, 0.717) is 16.4 Å². The predicted molar refractivity (Wildman–Crippen MR) is 100 cm³/mol. The summed E-state index contributed by atoms with van der Waals surface area (Å²) in [6, 6.07) is 13.0. The first kappa shape index (κ1) is 19.7. The van der Waals surface area contributed by atoms with Crippen LogP contribution < -0.4 is 10.6 Å². The third-order valence-electron chi connectivity index (χ3n) is 3.82. The third kappa shape index (κ3) is 4.61. The number of amides is 1. The first-order chi connectivity index (χ1) is 13.2. The maximum atomic E-state index is 12.6. The number of carbonyl (C=O) groups is 1. The van der Waals surface area contributed by atoms with Crippen molar-refractivity contribution in [3.05, 3.63) is 64.9 Å². The third-order valence-corrected chi connectivity index (χ3v) is 4.05. The Morgan fingerprint density at radius 1 is 1.14 bits per heavy atom. The van der Waals surface area contributed by atoms with Crippen molar-refractivity contribution in [2.75, 3.05) is 17.2 Å². The number of nitrogens with one attached hydrogen (secondary N) is 2. The van der Waals surface area contributed by atoms with Gasteiger partial charge in [-0.3, -0.25) is 4.79 Å². The number of anilines is 2. The molecule has 0 fully saturated rings. The van der Waals surface area contributed by atoms with Crippen LogP contribution in [0.4, 0.5) is 24.5 Å². The first-order valence-electron chi connectivity index (χ1n) is 8.14. The molecule has 2 N–H and O–H groups in total. The molecule has 0 aliphatic carbocycles. The first-order valence-corrected chi connectivity index (χ1v) is 8.51. The topological polar surface area (TPSA) is 71.8 Å². The van der Waals surface area contributed by atoms with Crippen molar-refractivity contribution in [3.8, 4) is 5.69 Å². The molecule has 1 amide bonds. The van der Waals surface area contributed by atoms with Gasteiger partial charge in [-0.2, -0.15) is 13.2 Å². The van der Waals surface area contributed by atoms with Crippen LogP contribution >= 0.6 is 11.6 Å². The van der Waals surface area contributed by atoms with E-state index in [0.717, 1.165) is 0 Å². The zero-order valence-electron chi connectivity index (χ0n) is 14.6. The highest BCUT2D eigenvalue weighted by Crippen LogP contribution is 2.24. The summed E-state index contributed by atoms with van der Waals surface area (Å²) in [5, 5.41) is 13.2. The molecule has 0 saturated heterocycles. The minimum absolute atomic E-state index is 0.0469. The lowest BCUT2D eigenvalue weighted by molar-refractivity contribution is -0.115. The van der Waals surface area contributed by atoms with Gasteiger partial charge in [0.2, 0.25) is 0 Å². The van der Waals surface area contributed by atoms with E-state index < -0.39 is 18.6 Å². The Morgan fingerprint density at radius 2 is 1.86 bits per heavy atom. The number of rotatable bonds is 5. The molecule has 0 aliphatic rings. The van der Waals surface area contributed by atoms with Gasteiger partial charge in [-0.1, -0.05) is 35.0 Å². The van der Waals surface area contributed by atoms with E-state index >= 15 is 0 Å². The molecule has 0 bridgehead atoms. The van der Waals surface area contributed by atoms with Crippen molar-refractivity contribution >= 4 is 28.9 Å². The van der Waals surface area contributed by atoms with Crippen LogP contribution in [0.1, 0.15) is 16.2 Å². The fourth-order valence-corrected chi connectivity index (χ4v) is 2.70. The summed E-state index contributed by atoms with van der Waals surface area (Å²) in [7, 11) is 0. The van der Waals surface area contributed by atoms with Crippen molar-refractivity contribution in [1.29, 1.82) is 0 Å². The number of para-hydroxylation sites is 2. The van der Waals surface area contributed by atoms with Gasteiger partial charge in [-0.25, -0.2) is 4.68 Å². The highest BCUT2D eigenvalue weighted by molar-refractivity contribution is 6.30. The van der Waals surface area contributed by atoms with Crippen molar-refractivity contribution in [3.63, 3.8) is 0 Å². The maximum absolute atomic E-state index is 12.6. The van der Waals surface area contributed by atoms with Gasteiger partial charge >= 0.3 is 6.18 Å². The molecule has 0 saturated carbocycles. The normalized spacial score (nSPS) is 11.3. The van der Waals surface area contributed by atoms with Crippen molar-refractivity contribution < 1.29 is 18.0 Å². The summed E-state index contributed by atoms with van der Waals surface area (Å²) in [4.78, 5) is 12.6. The fourth-order valence-electron chi connectivity index (χ4n) is 2.52. The summed E-state index contributed by atoms with van der Waals surface area (Å²) >= 11 is 5.98. The largest absolute Gasteiger partial charge is 0.405 e. The predicted octanol–water partition coefficient (Wildman–Crippen LogP) is 4.46. The fraction of sp³-hybridized carbons (Fsp3) is 0.167. The molecule has 0 atom stereocenters. The van der Waals surface area contributed by atoms with Crippen molar-refractivity contribution in [2.45, 2.75) is 13.1 Å². The molecular weight excluding hydrogens is 395 g/mol. The zero-order chi connectivity index (χ0) is 20.3. The number of carbonyl (C=O) groups excluding carboxylic acids is 1. The number of nitrogens with zero attached hydrogens (tertiary/aromatic N) is 3. The van der Waals surface area contributed by atoms with Crippen LogP contribution in [0.2, 0.25) is 5.02 Å². The number of halogens is 4. The van der Waals surface area contributed by atoms with E-state index in [1.165, 1.54) is 16.8 Å². The molecule has 1 aromatic heterocycles. The van der Waals surface area contributed by atoms with Crippen molar-refractivity contribution in [1.82, 2.24) is 15.0 Å². The van der Waals surface area contributed by atoms with Crippen LogP contribution in [0.3, 0.4) is 0 Å². The van der Waals surface area contributed by atoms with Crippen LogP contribution in [0, 0.1) is 6.92 Å². The number of aromatic nitrogens is 3. The quantitative estimate of drug-likeness (QED) is 0.652. The molecule has 10 heteroatoms. The number of hydrogen-bond acceptors (Lipinski definition) is 4. The number of hydrogen-bond donors (Lipinski definition) is 2. The lowest BCUT2D eigenvalue weighted by atomic mass is 10.2. The Bertz CT molecular complexity index is 1000. The lowest BCUT2D eigenvalue weighted by Gasteiger charge is -2.14. The molecule has 0 unspecified atom stereocenters. The van der Waals surface area contributed by atoms with Gasteiger partial charge in [0.15, 0.2) is 5.69 Å². The van der Waals surface area contributed by atoms with Gasteiger partial charge in [-0.05, 0) is 37.3 Å². The Labute approximate surface area is 163 Å². The van der Waals surface area contributed by atoms with E-state index in [1.54, 1.807) is 43.3 Å². The molecule has 2 aromatic carbocycles. The average molecular weight is 410 g/mol. The van der Waals surface area contributed by atoms with Crippen LogP contribution in [-0.4, -0.2) is 33.6 Å². The van der Waals surface area contributed by atoms with Crippen LogP contribution in [-0.2, 0) is 0 Å². The molecule has 3 aromatic rings. The summed E-state index contributed by atoms with van der Waals surface area (Å²) in [6.07, 6.45) is -4.38. The molecular formula is C18H15ClF3N5O. The molecule has 0 radical (unpaired) electrons. The molecule has 3 rings (SSSR count). The second-order valence-electron chi connectivity index (χ2n) is 5.88. The average Bonchev–Trinajstić information content (AvgIpc) is 3.02. The minimum Gasteiger partial charge on any atom is -0.375 e. The molecule has 1 heterocycles. The summed E-state index contributed by atoms with van der Waals surface area (Å²) < 4.78 is 38.8. The molecule has 0 spiro atoms. The standard InChI is InChI=1S/C18H15ClF3N5O/c1-11-16(25-26-27(11)13-6-4-5-12(19)9-13)17(28)24-15-8-3-2-7-14(15)23-10-18(20,21)22/h2-9,23H,10H2,1H3,(H,24,28). The number of benzene rings is 2. The van der Waals surface area contributed by atoms with Gasteiger partial charge in [-0.15, -0.1) is 5.10 Å². The maximum Gasteiger partial charge on any atom is 0.405 e. The molecule has 146 valence electrons. The van der Waals surface area contributed by atoms with Gasteiger partial charge in [0.05, 0.1) is 22.8 Å². The SMILES string of the molecule is Cc1c(C(=O)Nc2ccccc2NCC(F)(F)F)nnn1-c1cccc(Cl)c1. The molecule has 28 heavy (non-hydrogen) atoms. The van der Waals surface area contributed by atoms with Gasteiger partial charge < -0.3 is 10.6 Å². The Balaban J connectivity index is 1.81. The second-order valence-corrected chi connectivity index (χ2v) is 6.32. The highest BCUT2D eigenvalue weighted by Gasteiger charge is 2.27. The smallest absolute Gasteiger partial charge is 0.375 e. The van der Waals surface area contributed by atoms with Crippen LogP contribution in [0.15, 0.2) is 48.5 Å². The lowest BCUT2D eigenvalue weighted by Crippen LogP contribution is -2.22. The molecule has 6 nitrogen and oxygen atoms in total. The second kappa shape index (κ2) is 7.89. The number of alkyl halides is 3. The van der Waals surface area contributed by atoms with Crippen molar-refractivity contribution in [2.24, 2.45) is 0 Å². The Morgan fingerprint density at radius 3 is 2.54 bits per heavy atom. The summed E-state index contributed by atoms with van der Waals surface area (Å²) in [6.45, 7) is 0.438. The monoisotopic (exact) mass is 409 g/mol. The Kier molecular flexibility index (Phi) is 5.55. The van der Waals surface area contributed by atoms with E-state index in [4.69, 9.17) is 11.6 Å². The van der Waals surface area contributed by atoms with Gasteiger partial charge in [0, 0.05) is 5.02 Å². The van der Waals surface area contributed by atoms with Crippen LogP contribution in [0.25, 0.3) is 5.69 Å². The van der Waals surface area contributed by atoms with Gasteiger partial charge in [0.1, 0.15) is 6.54 Å². The zero-order valence-corrected chi connectivity index (χ0v) is 15.3. The van der Waals surface area contributed by atoms with E-state index in [1.807, 2.05) is 0 Å². The van der Waals surface area contributed by atoms with Crippen LogP contribution in [0.5, 0.6) is 0 Å². The highest BCUT2D eigenvalue weighted by atomic mass is 35.5. The minimum atomic E-state index is -4.38. The van der Waals surface area contributed by atoms with E-state index in [-0.39, 0.29) is 17.1 Å². The summed E-state index contributed by atoms with van der Waals surface area (Å²) in [5.41, 5.74) is 1.48. The summed E-state index contributed by atoms with van der Waals surface area (Å²) in [5.74, 6) is -0.591.